The highest BCUT2D eigenvalue weighted by Gasteiger charge is 2.17. The number of hydrogen-bond acceptors (Lipinski definition) is 3. The minimum atomic E-state index is -0.238. The number of furan rings is 1. The molecule has 1 aromatic heterocycles. The van der Waals surface area contributed by atoms with Crippen LogP contribution in [0.1, 0.15) is 52.2 Å². The van der Waals surface area contributed by atoms with E-state index in [1.807, 2.05) is 32.9 Å². The van der Waals surface area contributed by atoms with E-state index in [9.17, 15) is 4.79 Å². The van der Waals surface area contributed by atoms with Crippen LogP contribution in [0.5, 0.6) is 0 Å². The molecule has 1 aliphatic rings. The smallest absolute Gasteiger partial charge is 0.242 e. The Kier molecular flexibility index (Phi) is 6.70. The largest absolute Gasteiger partial charge is 0.469 e. The molecule has 1 aliphatic carbocycles. The van der Waals surface area contributed by atoms with Crippen LogP contribution in [-0.4, -0.2) is 36.5 Å². The second kappa shape index (κ2) is 8.76. The molecule has 24 heavy (non-hydrogen) atoms. The highest BCUT2D eigenvalue weighted by Crippen LogP contribution is 2.17. The zero-order valence-corrected chi connectivity index (χ0v) is 15.0. The molecule has 3 N–H and O–H groups in total. The van der Waals surface area contributed by atoms with Crippen LogP contribution in [0.25, 0.3) is 0 Å². The van der Waals surface area contributed by atoms with Crippen molar-refractivity contribution in [2.45, 2.75) is 64.5 Å². The van der Waals surface area contributed by atoms with Crippen LogP contribution in [0.4, 0.5) is 0 Å². The van der Waals surface area contributed by atoms with Gasteiger partial charge >= 0.3 is 0 Å². The van der Waals surface area contributed by atoms with Crippen molar-refractivity contribution in [1.29, 1.82) is 0 Å². The van der Waals surface area contributed by atoms with E-state index in [2.05, 4.69) is 20.9 Å². The van der Waals surface area contributed by atoms with Crippen molar-refractivity contribution in [3.8, 4) is 0 Å². The first-order chi connectivity index (χ1) is 11.4. The van der Waals surface area contributed by atoms with Gasteiger partial charge in [0.1, 0.15) is 12.3 Å². The Morgan fingerprint density at radius 1 is 1.33 bits per heavy atom. The highest BCUT2D eigenvalue weighted by atomic mass is 16.3. The summed E-state index contributed by atoms with van der Waals surface area (Å²) in [5.74, 6) is 1.58. The molecule has 0 unspecified atom stereocenters. The van der Waals surface area contributed by atoms with Crippen LogP contribution in [0.3, 0.4) is 0 Å². The second-order valence-electron chi connectivity index (χ2n) is 7.34. The maximum Gasteiger partial charge on any atom is 0.242 e. The third kappa shape index (κ3) is 7.06. The summed E-state index contributed by atoms with van der Waals surface area (Å²) >= 11 is 0. The molecule has 0 saturated heterocycles. The molecule has 0 aliphatic heterocycles. The summed E-state index contributed by atoms with van der Waals surface area (Å²) in [5, 5.41) is 9.67. The average molecular weight is 334 g/mol. The monoisotopic (exact) mass is 334 g/mol. The van der Waals surface area contributed by atoms with Gasteiger partial charge in [0.15, 0.2) is 5.96 Å². The van der Waals surface area contributed by atoms with Gasteiger partial charge in [-0.15, -0.1) is 0 Å². The number of nitrogens with one attached hydrogen (secondary N) is 3. The van der Waals surface area contributed by atoms with E-state index in [1.54, 1.807) is 6.26 Å². The third-order valence-corrected chi connectivity index (χ3v) is 3.84. The van der Waals surface area contributed by atoms with Crippen molar-refractivity contribution in [1.82, 2.24) is 16.0 Å². The Labute approximate surface area is 144 Å². The van der Waals surface area contributed by atoms with Crippen molar-refractivity contribution in [3.05, 3.63) is 24.2 Å². The predicted octanol–water partition coefficient (Wildman–Crippen LogP) is 2.21. The van der Waals surface area contributed by atoms with Crippen LogP contribution in [-0.2, 0) is 11.2 Å². The lowest BCUT2D eigenvalue weighted by molar-refractivity contribution is -0.121. The first kappa shape index (κ1) is 18.4. The average Bonchev–Trinajstić information content (AvgIpc) is 3.16. The van der Waals surface area contributed by atoms with Gasteiger partial charge in [0.05, 0.1) is 6.26 Å². The molecule has 6 heteroatoms. The Bertz CT molecular complexity index is 526. The molecule has 2 rings (SSSR count). The minimum Gasteiger partial charge on any atom is -0.469 e. The molecule has 1 saturated carbocycles. The standard InChI is InChI=1S/C18H30N4O2/c1-18(2,3)22-16(23)13-20-17(21-14-7-4-5-8-14)19-11-10-15-9-6-12-24-15/h6,9,12,14H,4-5,7-8,10-11,13H2,1-3H3,(H,22,23)(H2,19,20,21). The number of rotatable bonds is 6. The summed E-state index contributed by atoms with van der Waals surface area (Å²) in [6.07, 6.45) is 7.29. The molecule has 1 fully saturated rings. The van der Waals surface area contributed by atoms with Gasteiger partial charge in [-0.25, -0.2) is 4.99 Å². The lowest BCUT2D eigenvalue weighted by Crippen LogP contribution is -2.45. The Balaban J connectivity index is 1.85. The fourth-order valence-corrected chi connectivity index (χ4v) is 2.78. The number of hydrogen-bond donors (Lipinski definition) is 3. The summed E-state index contributed by atoms with van der Waals surface area (Å²) in [7, 11) is 0. The van der Waals surface area contributed by atoms with Crippen molar-refractivity contribution in [3.63, 3.8) is 0 Å². The lowest BCUT2D eigenvalue weighted by atomic mass is 10.1. The van der Waals surface area contributed by atoms with Crippen LogP contribution >= 0.6 is 0 Å². The second-order valence-corrected chi connectivity index (χ2v) is 7.34. The van der Waals surface area contributed by atoms with E-state index in [1.165, 1.54) is 12.8 Å². The van der Waals surface area contributed by atoms with Crippen LogP contribution < -0.4 is 16.0 Å². The first-order valence-corrected chi connectivity index (χ1v) is 8.80. The summed E-state index contributed by atoms with van der Waals surface area (Å²) in [6.45, 7) is 6.74. The fourth-order valence-electron chi connectivity index (χ4n) is 2.78. The molecule has 0 spiro atoms. The molecule has 0 radical (unpaired) electrons. The van der Waals surface area contributed by atoms with Crippen LogP contribution in [0.2, 0.25) is 0 Å². The maximum absolute atomic E-state index is 12.0. The number of guanidine groups is 1. The fraction of sp³-hybridized carbons (Fsp3) is 0.667. The summed E-state index contributed by atoms with van der Waals surface area (Å²) < 4.78 is 5.34. The van der Waals surface area contributed by atoms with Crippen LogP contribution in [0.15, 0.2) is 27.8 Å². The van der Waals surface area contributed by atoms with E-state index in [0.717, 1.165) is 25.0 Å². The van der Waals surface area contributed by atoms with Gasteiger partial charge in [-0.3, -0.25) is 4.79 Å². The Hall–Kier alpha value is -1.98. The molecule has 0 aromatic carbocycles. The molecule has 1 heterocycles. The lowest BCUT2D eigenvalue weighted by Gasteiger charge is -2.20. The van der Waals surface area contributed by atoms with E-state index < -0.39 is 0 Å². The van der Waals surface area contributed by atoms with Crippen LogP contribution in [0, 0.1) is 0 Å². The quantitative estimate of drug-likeness (QED) is 0.550. The number of aliphatic imine (C=N–C) groups is 1. The van der Waals surface area contributed by atoms with Crippen molar-refractivity contribution >= 4 is 11.9 Å². The zero-order chi connectivity index (χ0) is 17.4. The van der Waals surface area contributed by atoms with Gasteiger partial charge in [-0.2, -0.15) is 0 Å². The molecule has 1 aromatic rings. The van der Waals surface area contributed by atoms with Gasteiger partial charge in [0.25, 0.3) is 0 Å². The first-order valence-electron chi connectivity index (χ1n) is 8.80. The van der Waals surface area contributed by atoms with E-state index in [0.29, 0.717) is 18.5 Å². The van der Waals surface area contributed by atoms with Gasteiger partial charge < -0.3 is 20.4 Å². The predicted molar refractivity (Wildman–Crippen MR) is 96.0 cm³/mol. The number of carbonyl (C=O) groups excluding carboxylic acids is 1. The third-order valence-electron chi connectivity index (χ3n) is 3.84. The van der Waals surface area contributed by atoms with Crippen molar-refractivity contribution < 1.29 is 9.21 Å². The highest BCUT2D eigenvalue weighted by molar-refractivity contribution is 5.85. The minimum absolute atomic E-state index is 0.0685. The zero-order valence-electron chi connectivity index (χ0n) is 15.0. The van der Waals surface area contributed by atoms with Crippen molar-refractivity contribution in [2.75, 3.05) is 13.1 Å². The Morgan fingerprint density at radius 3 is 2.71 bits per heavy atom. The van der Waals surface area contributed by atoms with E-state index in [-0.39, 0.29) is 18.0 Å². The number of carbonyl (C=O) groups is 1. The normalized spacial score (nSPS) is 16.2. The van der Waals surface area contributed by atoms with Gasteiger partial charge in [-0.1, -0.05) is 12.8 Å². The van der Waals surface area contributed by atoms with Gasteiger partial charge in [-0.05, 0) is 45.7 Å². The van der Waals surface area contributed by atoms with Gasteiger partial charge in [0.2, 0.25) is 5.91 Å². The molecule has 0 bridgehead atoms. The summed E-state index contributed by atoms with van der Waals surface area (Å²) in [4.78, 5) is 16.4. The molecular formula is C18H30N4O2. The molecular weight excluding hydrogens is 304 g/mol. The van der Waals surface area contributed by atoms with Gasteiger partial charge in [0, 0.05) is 24.5 Å². The molecule has 0 atom stereocenters. The van der Waals surface area contributed by atoms with E-state index in [4.69, 9.17) is 4.42 Å². The summed E-state index contributed by atoms with van der Waals surface area (Å²) in [5.41, 5.74) is -0.238. The number of amides is 1. The number of nitrogens with zero attached hydrogens (tertiary/aromatic N) is 1. The molecule has 1 amide bonds. The molecule has 134 valence electrons. The molecule has 6 nitrogen and oxygen atoms in total. The SMILES string of the molecule is CC(C)(C)NC(=O)CN=C(NCCc1ccco1)NC1CCCC1. The maximum atomic E-state index is 12.0. The Morgan fingerprint density at radius 2 is 2.08 bits per heavy atom. The van der Waals surface area contributed by atoms with E-state index >= 15 is 0 Å². The topological polar surface area (TPSA) is 78.7 Å². The summed E-state index contributed by atoms with van der Waals surface area (Å²) in [6, 6.07) is 4.29. The van der Waals surface area contributed by atoms with Crippen molar-refractivity contribution in [2.24, 2.45) is 4.99 Å².